The smallest absolute Gasteiger partial charge is 0.146 e. The van der Waals surface area contributed by atoms with Gasteiger partial charge in [-0.25, -0.2) is 4.98 Å². The molecule has 3 rings (SSSR count). The molecule has 0 fully saturated rings. The van der Waals surface area contributed by atoms with Gasteiger partial charge in [0.25, 0.3) is 0 Å². The molecule has 3 nitrogen and oxygen atoms in total. The number of aromatic nitrogens is 3. The van der Waals surface area contributed by atoms with E-state index >= 15 is 0 Å². The second-order valence-corrected chi connectivity index (χ2v) is 4.76. The molecular weight excluding hydrogens is 302 g/mol. The molecule has 0 aliphatic heterocycles. The summed E-state index contributed by atoms with van der Waals surface area (Å²) >= 11 is 9.42. The zero-order chi connectivity index (χ0) is 11.8. The van der Waals surface area contributed by atoms with Crippen LogP contribution in [0.1, 0.15) is 0 Å². The summed E-state index contributed by atoms with van der Waals surface area (Å²) in [5.41, 5.74) is 1.91. The predicted molar refractivity (Wildman–Crippen MR) is 71.1 cm³/mol. The molecule has 0 atom stereocenters. The molecule has 5 heteroatoms. The average Bonchev–Trinajstić information content (AvgIpc) is 2.68. The summed E-state index contributed by atoms with van der Waals surface area (Å²) in [6.45, 7) is 0. The van der Waals surface area contributed by atoms with Crippen molar-refractivity contribution in [2.45, 2.75) is 0 Å². The molecule has 84 valence electrons. The van der Waals surface area contributed by atoms with Crippen molar-refractivity contribution in [2.75, 3.05) is 0 Å². The first-order valence-electron chi connectivity index (χ1n) is 4.99. The molecule has 1 aromatic carbocycles. The fourth-order valence-corrected chi connectivity index (χ4v) is 2.39. The minimum absolute atomic E-state index is 0.699. The molecule has 0 saturated heterocycles. The number of imidazole rings is 1. The van der Waals surface area contributed by atoms with Gasteiger partial charge in [0.1, 0.15) is 10.4 Å². The summed E-state index contributed by atoms with van der Waals surface area (Å²) in [7, 11) is 0. The van der Waals surface area contributed by atoms with Crippen molar-refractivity contribution in [3.05, 3.63) is 52.5 Å². The monoisotopic (exact) mass is 307 g/mol. The second-order valence-electron chi connectivity index (χ2n) is 3.57. The van der Waals surface area contributed by atoms with Gasteiger partial charge in [0.05, 0.1) is 11.7 Å². The summed E-state index contributed by atoms with van der Waals surface area (Å²) < 4.78 is 2.75. The molecule has 0 aliphatic rings. The Morgan fingerprint density at radius 2 is 2.18 bits per heavy atom. The van der Waals surface area contributed by atoms with Crippen LogP contribution >= 0.6 is 27.5 Å². The number of benzene rings is 1. The van der Waals surface area contributed by atoms with Gasteiger partial charge in [0.2, 0.25) is 0 Å². The maximum Gasteiger partial charge on any atom is 0.146 e. The van der Waals surface area contributed by atoms with Crippen LogP contribution in [0.4, 0.5) is 0 Å². The third-order valence-electron chi connectivity index (χ3n) is 2.48. The van der Waals surface area contributed by atoms with Crippen molar-refractivity contribution in [2.24, 2.45) is 0 Å². The highest BCUT2D eigenvalue weighted by Gasteiger charge is 2.10. The number of hydrogen-bond donors (Lipinski definition) is 0. The van der Waals surface area contributed by atoms with Gasteiger partial charge in [-0.1, -0.05) is 23.7 Å². The van der Waals surface area contributed by atoms with Crippen molar-refractivity contribution in [3.63, 3.8) is 0 Å². The number of halogens is 2. The molecule has 0 radical (unpaired) electrons. The molecule has 2 heterocycles. The summed E-state index contributed by atoms with van der Waals surface area (Å²) in [6.07, 6.45) is 5.38. The summed E-state index contributed by atoms with van der Waals surface area (Å²) in [5, 5.41) is 0.699. The van der Waals surface area contributed by atoms with E-state index in [1.54, 1.807) is 12.4 Å². The summed E-state index contributed by atoms with van der Waals surface area (Å²) in [5.74, 6) is 0.844. The Balaban J connectivity index is 2.31. The Morgan fingerprint density at radius 3 is 3.00 bits per heavy atom. The Hall–Kier alpha value is -1.39. The van der Waals surface area contributed by atoms with Crippen LogP contribution in [0.5, 0.6) is 0 Å². The first-order chi connectivity index (χ1) is 8.25. The SMILES string of the molecule is Clc1cccc(-c2nc(Br)c3cnccn23)c1. The van der Waals surface area contributed by atoms with Gasteiger partial charge in [-0.2, -0.15) is 0 Å². The van der Waals surface area contributed by atoms with Crippen LogP contribution in [-0.2, 0) is 0 Å². The van der Waals surface area contributed by atoms with Crippen LogP contribution in [0.3, 0.4) is 0 Å². The van der Waals surface area contributed by atoms with E-state index in [9.17, 15) is 0 Å². The van der Waals surface area contributed by atoms with Crippen molar-refractivity contribution in [1.82, 2.24) is 14.4 Å². The third-order valence-corrected chi connectivity index (χ3v) is 3.30. The van der Waals surface area contributed by atoms with E-state index in [4.69, 9.17) is 11.6 Å². The van der Waals surface area contributed by atoms with Gasteiger partial charge >= 0.3 is 0 Å². The van der Waals surface area contributed by atoms with Crippen LogP contribution in [0.25, 0.3) is 16.9 Å². The molecule has 0 N–H and O–H groups in total. The van der Waals surface area contributed by atoms with Gasteiger partial charge in [-0.05, 0) is 28.1 Å². The van der Waals surface area contributed by atoms with Gasteiger partial charge in [-0.3, -0.25) is 9.38 Å². The Bertz CT molecular complexity index is 693. The Labute approximate surface area is 111 Å². The highest BCUT2D eigenvalue weighted by molar-refractivity contribution is 9.10. The molecule has 0 amide bonds. The van der Waals surface area contributed by atoms with E-state index in [2.05, 4.69) is 25.9 Å². The van der Waals surface area contributed by atoms with E-state index < -0.39 is 0 Å². The number of fused-ring (bicyclic) bond motifs is 1. The van der Waals surface area contributed by atoms with Crippen LogP contribution in [0.2, 0.25) is 5.02 Å². The van der Waals surface area contributed by atoms with Crippen molar-refractivity contribution in [1.29, 1.82) is 0 Å². The first-order valence-corrected chi connectivity index (χ1v) is 6.16. The summed E-state index contributed by atoms with van der Waals surface area (Å²) in [6, 6.07) is 7.63. The van der Waals surface area contributed by atoms with Crippen molar-refractivity contribution in [3.8, 4) is 11.4 Å². The predicted octanol–water partition coefficient (Wildman–Crippen LogP) is 3.81. The molecule has 0 spiro atoms. The normalized spacial score (nSPS) is 10.9. The lowest BCUT2D eigenvalue weighted by molar-refractivity contribution is 1.12. The highest BCUT2D eigenvalue weighted by atomic mass is 79.9. The Kier molecular flexibility index (Phi) is 2.61. The lowest BCUT2D eigenvalue weighted by atomic mass is 10.2. The van der Waals surface area contributed by atoms with E-state index in [-0.39, 0.29) is 0 Å². The van der Waals surface area contributed by atoms with E-state index in [0.717, 1.165) is 21.5 Å². The van der Waals surface area contributed by atoms with Crippen LogP contribution in [0, 0.1) is 0 Å². The maximum absolute atomic E-state index is 5.99. The molecular formula is C12H7BrClN3. The summed E-state index contributed by atoms with van der Waals surface area (Å²) in [4.78, 5) is 8.56. The molecule has 0 saturated carbocycles. The fourth-order valence-electron chi connectivity index (χ4n) is 1.73. The molecule has 2 aromatic heterocycles. The minimum atomic E-state index is 0.699. The lowest BCUT2D eigenvalue weighted by Crippen LogP contribution is -1.89. The standard InChI is InChI=1S/C12H7BrClN3/c13-11-10-7-15-4-5-17(10)12(16-11)8-2-1-3-9(14)6-8/h1-7H. The molecule has 0 aliphatic carbocycles. The zero-order valence-electron chi connectivity index (χ0n) is 8.64. The molecule has 0 unspecified atom stereocenters. The van der Waals surface area contributed by atoms with Crippen LogP contribution < -0.4 is 0 Å². The fraction of sp³-hybridized carbons (Fsp3) is 0. The number of rotatable bonds is 1. The lowest BCUT2D eigenvalue weighted by Gasteiger charge is -2.00. The van der Waals surface area contributed by atoms with Crippen molar-refractivity contribution >= 4 is 33.0 Å². The largest absolute Gasteiger partial charge is 0.296 e. The van der Waals surface area contributed by atoms with E-state index in [0.29, 0.717) is 5.02 Å². The van der Waals surface area contributed by atoms with Gasteiger partial charge in [0, 0.05) is 23.0 Å². The van der Waals surface area contributed by atoms with Gasteiger partial charge < -0.3 is 0 Å². The molecule has 17 heavy (non-hydrogen) atoms. The van der Waals surface area contributed by atoms with E-state index in [1.165, 1.54) is 0 Å². The number of hydrogen-bond acceptors (Lipinski definition) is 2. The molecule has 0 bridgehead atoms. The quantitative estimate of drug-likeness (QED) is 0.684. The first kappa shape index (κ1) is 10.7. The van der Waals surface area contributed by atoms with Crippen molar-refractivity contribution < 1.29 is 0 Å². The second kappa shape index (κ2) is 4.13. The Morgan fingerprint density at radius 1 is 1.29 bits per heavy atom. The van der Waals surface area contributed by atoms with Gasteiger partial charge in [-0.15, -0.1) is 0 Å². The third kappa shape index (κ3) is 1.83. The topological polar surface area (TPSA) is 30.2 Å². The van der Waals surface area contributed by atoms with Crippen LogP contribution in [0.15, 0.2) is 47.5 Å². The van der Waals surface area contributed by atoms with Crippen LogP contribution in [-0.4, -0.2) is 14.4 Å². The maximum atomic E-state index is 5.99. The number of nitrogens with zero attached hydrogens (tertiary/aromatic N) is 3. The highest BCUT2D eigenvalue weighted by Crippen LogP contribution is 2.26. The minimum Gasteiger partial charge on any atom is -0.296 e. The zero-order valence-corrected chi connectivity index (χ0v) is 11.0. The van der Waals surface area contributed by atoms with E-state index in [1.807, 2.05) is 34.9 Å². The molecule has 3 aromatic rings. The average molecular weight is 309 g/mol. The van der Waals surface area contributed by atoms with Gasteiger partial charge in [0.15, 0.2) is 0 Å².